The van der Waals surface area contributed by atoms with Crippen LogP contribution in [0.2, 0.25) is 0 Å². The van der Waals surface area contributed by atoms with Crippen LogP contribution < -0.4 is 10.1 Å². The zero-order valence-corrected chi connectivity index (χ0v) is 23.5. The van der Waals surface area contributed by atoms with Crippen LogP contribution in [-0.2, 0) is 11.2 Å². The summed E-state index contributed by atoms with van der Waals surface area (Å²) in [5, 5.41) is 15.4. The van der Waals surface area contributed by atoms with Crippen LogP contribution in [0.25, 0.3) is 0 Å². The molecule has 2 N–H and O–H groups in total. The molecule has 208 valence electrons. The lowest BCUT2D eigenvalue weighted by atomic mass is 10.00. The third-order valence-electron chi connectivity index (χ3n) is 6.95. The number of aromatic nitrogens is 1. The Morgan fingerprint density at radius 1 is 0.976 bits per heavy atom. The number of hydrogen-bond donors (Lipinski definition) is 2. The molecule has 0 saturated carbocycles. The van der Waals surface area contributed by atoms with Crippen molar-refractivity contribution in [2.75, 3.05) is 19.0 Å². The number of anilines is 1. The molecule has 7 nitrogen and oxygen atoms in total. The molecule has 2 heterocycles. The number of para-hydroxylation sites is 1. The highest BCUT2D eigenvalue weighted by Gasteiger charge is 2.25. The average Bonchev–Trinajstić information content (AvgIpc) is 3.38. The van der Waals surface area contributed by atoms with Crippen molar-refractivity contribution in [3.8, 4) is 5.75 Å². The third-order valence-corrected chi connectivity index (χ3v) is 8.21. The predicted octanol–water partition coefficient (Wildman–Crippen LogP) is 6.41. The van der Waals surface area contributed by atoms with Crippen molar-refractivity contribution in [3.63, 3.8) is 0 Å². The molecule has 0 radical (unpaired) electrons. The minimum absolute atomic E-state index is 0.162. The summed E-state index contributed by atoms with van der Waals surface area (Å²) in [4.78, 5) is 31.6. The third kappa shape index (κ3) is 6.96. The summed E-state index contributed by atoms with van der Waals surface area (Å²) in [5.41, 5.74) is 4.75. The van der Waals surface area contributed by atoms with E-state index >= 15 is 0 Å². The SMILES string of the molecule is CN1C(CCOc2ccc(CC(Nc3ccccc3C(=O)c3ccccc3)C(=O)O)cc2)=CSC1c1ccncc1. The highest BCUT2D eigenvalue weighted by atomic mass is 32.2. The van der Waals surface area contributed by atoms with Crippen molar-refractivity contribution in [1.82, 2.24) is 9.88 Å². The molecular weight excluding hydrogens is 534 g/mol. The van der Waals surface area contributed by atoms with Gasteiger partial charge in [0.25, 0.3) is 0 Å². The van der Waals surface area contributed by atoms with Crippen LogP contribution in [0.15, 0.2) is 114 Å². The number of nitrogens with one attached hydrogen (secondary N) is 1. The number of rotatable bonds is 12. The number of carboxylic acids is 1. The monoisotopic (exact) mass is 565 g/mol. The van der Waals surface area contributed by atoms with Gasteiger partial charge in [-0.25, -0.2) is 4.79 Å². The fourth-order valence-electron chi connectivity index (χ4n) is 4.70. The Hall–Kier alpha value is -4.56. The van der Waals surface area contributed by atoms with E-state index in [1.54, 1.807) is 60.3 Å². The summed E-state index contributed by atoms with van der Waals surface area (Å²) in [6.45, 7) is 0.532. The van der Waals surface area contributed by atoms with E-state index in [1.165, 1.54) is 11.3 Å². The van der Waals surface area contributed by atoms with Crippen molar-refractivity contribution in [3.05, 3.63) is 137 Å². The maximum absolute atomic E-state index is 13.1. The minimum Gasteiger partial charge on any atom is -0.493 e. The Labute approximate surface area is 243 Å². The van der Waals surface area contributed by atoms with E-state index in [-0.39, 0.29) is 17.6 Å². The average molecular weight is 566 g/mol. The van der Waals surface area contributed by atoms with Gasteiger partial charge < -0.3 is 20.1 Å². The van der Waals surface area contributed by atoms with E-state index < -0.39 is 12.0 Å². The van der Waals surface area contributed by atoms with Gasteiger partial charge in [0.15, 0.2) is 5.78 Å². The van der Waals surface area contributed by atoms with Crippen LogP contribution in [0.4, 0.5) is 5.69 Å². The molecule has 1 aliphatic heterocycles. The van der Waals surface area contributed by atoms with Crippen LogP contribution in [-0.4, -0.2) is 46.4 Å². The first-order valence-electron chi connectivity index (χ1n) is 13.4. The molecule has 2 unspecified atom stereocenters. The Morgan fingerprint density at radius 3 is 2.41 bits per heavy atom. The Morgan fingerprint density at radius 2 is 1.68 bits per heavy atom. The van der Waals surface area contributed by atoms with Gasteiger partial charge in [0.05, 0.1) is 6.61 Å². The molecule has 1 aliphatic rings. The zero-order valence-electron chi connectivity index (χ0n) is 22.6. The van der Waals surface area contributed by atoms with Crippen molar-refractivity contribution in [2.24, 2.45) is 0 Å². The smallest absolute Gasteiger partial charge is 0.326 e. The molecule has 0 spiro atoms. The number of hydrogen-bond acceptors (Lipinski definition) is 7. The van der Waals surface area contributed by atoms with E-state index in [9.17, 15) is 14.7 Å². The summed E-state index contributed by atoms with van der Waals surface area (Å²) in [6.07, 6.45) is 4.65. The summed E-state index contributed by atoms with van der Waals surface area (Å²) < 4.78 is 5.99. The fourth-order valence-corrected chi connectivity index (χ4v) is 5.91. The maximum atomic E-state index is 13.1. The number of nitrogens with zero attached hydrogens (tertiary/aromatic N) is 2. The highest BCUT2D eigenvalue weighted by Crippen LogP contribution is 2.42. The number of pyridine rings is 1. The number of carboxylic acid groups (broad SMARTS) is 1. The van der Waals surface area contributed by atoms with Crippen LogP contribution in [0.1, 0.15) is 38.8 Å². The number of aliphatic carboxylic acids is 1. The molecule has 5 rings (SSSR count). The van der Waals surface area contributed by atoms with Gasteiger partial charge in [0.1, 0.15) is 17.2 Å². The molecule has 2 atom stereocenters. The van der Waals surface area contributed by atoms with Crippen molar-refractivity contribution >= 4 is 29.2 Å². The molecule has 41 heavy (non-hydrogen) atoms. The van der Waals surface area contributed by atoms with Crippen LogP contribution >= 0.6 is 11.8 Å². The fraction of sp³-hybridized carbons (Fsp3) is 0.182. The quantitative estimate of drug-likeness (QED) is 0.191. The van der Waals surface area contributed by atoms with Gasteiger partial charge >= 0.3 is 5.97 Å². The van der Waals surface area contributed by atoms with Gasteiger partial charge in [-0.05, 0) is 52.9 Å². The Bertz CT molecular complexity index is 1510. The van der Waals surface area contributed by atoms with Gasteiger partial charge in [-0.3, -0.25) is 9.78 Å². The molecule has 0 bridgehead atoms. The number of carbonyl (C=O) groups excluding carboxylic acids is 1. The second-order valence-corrected chi connectivity index (χ2v) is 10.7. The lowest BCUT2D eigenvalue weighted by Crippen LogP contribution is -2.32. The number of thioether (sulfide) groups is 1. The summed E-state index contributed by atoms with van der Waals surface area (Å²) in [7, 11) is 2.09. The first-order valence-corrected chi connectivity index (χ1v) is 14.3. The number of carbonyl (C=O) groups is 2. The van der Waals surface area contributed by atoms with Crippen LogP contribution in [0.3, 0.4) is 0 Å². The topological polar surface area (TPSA) is 91.8 Å². The first kappa shape index (κ1) is 28.0. The second kappa shape index (κ2) is 13.2. The van der Waals surface area contributed by atoms with Crippen molar-refractivity contribution < 1.29 is 19.4 Å². The minimum atomic E-state index is -0.996. The first-order chi connectivity index (χ1) is 20.0. The molecule has 1 aromatic heterocycles. The lowest BCUT2D eigenvalue weighted by Gasteiger charge is -2.24. The van der Waals surface area contributed by atoms with E-state index in [0.29, 0.717) is 23.4 Å². The maximum Gasteiger partial charge on any atom is 0.326 e. The molecule has 0 fully saturated rings. The number of benzene rings is 3. The highest BCUT2D eigenvalue weighted by molar-refractivity contribution is 8.02. The van der Waals surface area contributed by atoms with Crippen LogP contribution in [0, 0.1) is 0 Å². The van der Waals surface area contributed by atoms with Crippen molar-refractivity contribution in [2.45, 2.75) is 24.3 Å². The van der Waals surface area contributed by atoms with Gasteiger partial charge in [-0.2, -0.15) is 0 Å². The van der Waals surface area contributed by atoms with E-state index in [2.05, 4.69) is 27.7 Å². The second-order valence-electron chi connectivity index (χ2n) is 9.71. The van der Waals surface area contributed by atoms with E-state index in [1.807, 2.05) is 54.9 Å². The van der Waals surface area contributed by atoms with Gasteiger partial charge in [0, 0.05) is 54.8 Å². The zero-order chi connectivity index (χ0) is 28.6. The summed E-state index contributed by atoms with van der Waals surface area (Å²) in [6, 6.07) is 26.6. The normalized spacial score (nSPS) is 15.2. The largest absolute Gasteiger partial charge is 0.493 e. The molecule has 0 amide bonds. The van der Waals surface area contributed by atoms with Crippen LogP contribution in [0.5, 0.6) is 5.75 Å². The summed E-state index contributed by atoms with van der Waals surface area (Å²) in [5.74, 6) is -0.429. The number of ketones is 1. The molecule has 4 aromatic rings. The van der Waals surface area contributed by atoms with Gasteiger partial charge in [-0.15, -0.1) is 11.8 Å². The number of ether oxygens (including phenoxy) is 1. The predicted molar refractivity (Wildman–Crippen MR) is 162 cm³/mol. The van der Waals surface area contributed by atoms with Gasteiger partial charge in [0.2, 0.25) is 0 Å². The Kier molecular flexibility index (Phi) is 9.01. The lowest BCUT2D eigenvalue weighted by molar-refractivity contribution is -0.137. The molecule has 0 saturated heterocycles. The summed E-state index contributed by atoms with van der Waals surface area (Å²) >= 11 is 1.78. The standard InChI is InChI=1S/C33H31N3O4S/c1-36-26(22-41-32(36)25-15-18-34-19-16-25)17-20-40-27-13-11-23(12-14-27)21-30(33(38)39)35-29-10-6-5-9-28(29)31(37)24-7-3-2-4-8-24/h2-16,18-19,22,30,32,35H,17,20-21H2,1H3,(H,38,39). The Balaban J connectivity index is 1.16. The molecule has 0 aliphatic carbocycles. The van der Waals surface area contributed by atoms with Gasteiger partial charge in [-0.1, -0.05) is 54.6 Å². The van der Waals surface area contributed by atoms with Crippen molar-refractivity contribution in [1.29, 1.82) is 0 Å². The van der Waals surface area contributed by atoms with E-state index in [4.69, 9.17) is 4.74 Å². The molecule has 3 aromatic carbocycles. The molecular formula is C33H31N3O4S. The molecule has 8 heteroatoms. The van der Waals surface area contributed by atoms with E-state index in [0.717, 1.165) is 17.7 Å².